The third-order valence-electron chi connectivity index (χ3n) is 6.70. The van der Waals surface area contributed by atoms with Gasteiger partial charge in [0, 0.05) is 0 Å². The molecule has 2 unspecified atom stereocenters. The predicted octanol–water partition coefficient (Wildman–Crippen LogP) is 8.18. The number of ether oxygens (including phenoxy) is 2. The first-order valence-electron chi connectivity index (χ1n) is 14.0. The fourth-order valence-corrected chi connectivity index (χ4v) is 4.46. The SMILES string of the molecule is CCCCOC(=O)C1CC=CCC1C(=O)OCCCCCCCCCCCCCCC(C)C. The lowest BCUT2D eigenvalue weighted by atomic mass is 9.83. The number of hydrogen-bond acceptors (Lipinski definition) is 4. The van der Waals surface area contributed by atoms with E-state index >= 15 is 0 Å². The number of unbranched alkanes of at least 4 members (excludes halogenated alkanes) is 12. The highest BCUT2D eigenvalue weighted by atomic mass is 16.5. The molecular weight excluding hydrogens is 412 g/mol. The Hall–Kier alpha value is -1.32. The van der Waals surface area contributed by atoms with E-state index in [9.17, 15) is 9.59 Å². The molecule has 0 amide bonds. The van der Waals surface area contributed by atoms with Crippen molar-refractivity contribution in [3.8, 4) is 0 Å². The number of allylic oxidation sites excluding steroid dienone is 2. The summed E-state index contributed by atoms with van der Waals surface area (Å²) in [5.41, 5.74) is 0. The molecule has 0 aliphatic heterocycles. The Bertz CT molecular complexity index is 526. The van der Waals surface area contributed by atoms with Crippen LogP contribution in [0.3, 0.4) is 0 Å². The van der Waals surface area contributed by atoms with Gasteiger partial charge in [0.25, 0.3) is 0 Å². The zero-order valence-corrected chi connectivity index (χ0v) is 22.0. The van der Waals surface area contributed by atoms with Gasteiger partial charge in [-0.2, -0.15) is 0 Å². The van der Waals surface area contributed by atoms with E-state index in [2.05, 4.69) is 20.8 Å². The lowest BCUT2D eigenvalue weighted by Crippen LogP contribution is -2.34. The van der Waals surface area contributed by atoms with Gasteiger partial charge in [0.05, 0.1) is 25.0 Å². The smallest absolute Gasteiger partial charge is 0.310 e. The van der Waals surface area contributed by atoms with Gasteiger partial charge >= 0.3 is 11.9 Å². The fourth-order valence-electron chi connectivity index (χ4n) is 4.46. The minimum atomic E-state index is -0.390. The summed E-state index contributed by atoms with van der Waals surface area (Å²) >= 11 is 0. The summed E-state index contributed by atoms with van der Waals surface area (Å²) < 4.78 is 10.9. The molecule has 0 aromatic carbocycles. The summed E-state index contributed by atoms with van der Waals surface area (Å²) in [7, 11) is 0. The Kier molecular flexibility index (Phi) is 18.1. The average Bonchev–Trinajstić information content (AvgIpc) is 2.81. The molecule has 0 heterocycles. The molecule has 0 aromatic rings. The summed E-state index contributed by atoms with van der Waals surface area (Å²) in [5.74, 6) is -0.412. The zero-order chi connectivity index (χ0) is 24.2. The van der Waals surface area contributed by atoms with E-state index in [4.69, 9.17) is 9.47 Å². The second-order valence-electron chi connectivity index (χ2n) is 10.3. The van der Waals surface area contributed by atoms with E-state index in [1.807, 2.05) is 12.2 Å². The molecular formula is C29H52O4. The van der Waals surface area contributed by atoms with Crippen LogP contribution in [-0.4, -0.2) is 25.2 Å². The maximum absolute atomic E-state index is 12.5. The standard InChI is InChI=1S/C29H52O4/c1-4-5-23-32-28(30)26-21-17-18-22-27(26)29(31)33-24-19-15-13-11-9-7-6-8-10-12-14-16-20-25(2)3/h17-18,25-27H,4-16,19-24H2,1-3H3. The van der Waals surface area contributed by atoms with Crippen LogP contribution < -0.4 is 0 Å². The molecule has 0 radical (unpaired) electrons. The van der Waals surface area contributed by atoms with Crippen molar-refractivity contribution in [2.24, 2.45) is 17.8 Å². The van der Waals surface area contributed by atoms with Crippen molar-refractivity contribution in [2.45, 2.75) is 130 Å². The van der Waals surface area contributed by atoms with E-state index in [0.29, 0.717) is 26.1 Å². The quantitative estimate of drug-likeness (QED) is 0.103. The molecule has 33 heavy (non-hydrogen) atoms. The molecule has 4 nitrogen and oxygen atoms in total. The molecule has 1 aliphatic rings. The van der Waals surface area contributed by atoms with Crippen LogP contribution in [0, 0.1) is 17.8 Å². The van der Waals surface area contributed by atoms with Gasteiger partial charge in [-0.15, -0.1) is 0 Å². The molecule has 0 bridgehead atoms. The van der Waals surface area contributed by atoms with Crippen molar-refractivity contribution in [1.82, 2.24) is 0 Å². The van der Waals surface area contributed by atoms with E-state index in [0.717, 1.165) is 31.6 Å². The van der Waals surface area contributed by atoms with Crippen LogP contribution in [0.5, 0.6) is 0 Å². The fraction of sp³-hybridized carbons (Fsp3) is 0.862. The number of hydrogen-bond donors (Lipinski definition) is 0. The van der Waals surface area contributed by atoms with E-state index < -0.39 is 0 Å². The molecule has 0 aromatic heterocycles. The van der Waals surface area contributed by atoms with Crippen LogP contribution in [-0.2, 0) is 19.1 Å². The number of rotatable bonds is 20. The summed E-state index contributed by atoms with van der Waals surface area (Å²) in [6.45, 7) is 7.59. The van der Waals surface area contributed by atoms with Crippen LogP contribution in [0.2, 0.25) is 0 Å². The van der Waals surface area contributed by atoms with Gasteiger partial charge in [0.2, 0.25) is 0 Å². The summed E-state index contributed by atoms with van der Waals surface area (Å²) in [5, 5.41) is 0. The van der Waals surface area contributed by atoms with E-state index in [-0.39, 0.29) is 23.8 Å². The van der Waals surface area contributed by atoms with Gasteiger partial charge in [0.1, 0.15) is 0 Å². The van der Waals surface area contributed by atoms with Gasteiger partial charge in [0.15, 0.2) is 0 Å². The Balaban J connectivity index is 1.99. The Morgan fingerprint density at radius 2 is 1.06 bits per heavy atom. The van der Waals surface area contributed by atoms with Gasteiger partial charge in [-0.1, -0.05) is 116 Å². The lowest BCUT2D eigenvalue weighted by molar-refractivity contribution is -0.161. The topological polar surface area (TPSA) is 52.6 Å². The minimum Gasteiger partial charge on any atom is -0.465 e. The highest BCUT2D eigenvalue weighted by Gasteiger charge is 2.36. The van der Waals surface area contributed by atoms with Crippen LogP contribution in [0.1, 0.15) is 130 Å². The molecule has 192 valence electrons. The molecule has 1 aliphatic carbocycles. The summed E-state index contributed by atoms with van der Waals surface area (Å²) in [6, 6.07) is 0. The van der Waals surface area contributed by atoms with E-state index in [1.165, 1.54) is 70.6 Å². The van der Waals surface area contributed by atoms with Crippen molar-refractivity contribution >= 4 is 11.9 Å². The van der Waals surface area contributed by atoms with Crippen molar-refractivity contribution in [2.75, 3.05) is 13.2 Å². The third kappa shape index (κ3) is 15.2. The van der Waals surface area contributed by atoms with Gasteiger partial charge in [-0.05, 0) is 31.6 Å². The second kappa shape index (κ2) is 20.1. The van der Waals surface area contributed by atoms with Crippen LogP contribution in [0.4, 0.5) is 0 Å². The molecule has 0 fully saturated rings. The van der Waals surface area contributed by atoms with Gasteiger partial charge < -0.3 is 9.47 Å². The summed E-state index contributed by atoms with van der Waals surface area (Å²) in [4.78, 5) is 24.9. The van der Waals surface area contributed by atoms with Crippen LogP contribution in [0.25, 0.3) is 0 Å². The molecule has 2 atom stereocenters. The van der Waals surface area contributed by atoms with Crippen molar-refractivity contribution in [3.63, 3.8) is 0 Å². The van der Waals surface area contributed by atoms with E-state index in [1.54, 1.807) is 0 Å². The maximum atomic E-state index is 12.5. The summed E-state index contributed by atoms with van der Waals surface area (Å²) in [6.07, 6.45) is 23.9. The molecule has 0 saturated carbocycles. The Morgan fingerprint density at radius 1 is 0.667 bits per heavy atom. The first-order valence-corrected chi connectivity index (χ1v) is 14.0. The zero-order valence-electron chi connectivity index (χ0n) is 22.0. The molecule has 1 rings (SSSR count). The monoisotopic (exact) mass is 464 g/mol. The molecule has 4 heteroatoms. The number of carbonyl (C=O) groups excluding carboxylic acids is 2. The first-order chi connectivity index (χ1) is 16.1. The second-order valence-corrected chi connectivity index (χ2v) is 10.3. The Labute approximate surface area is 204 Å². The largest absolute Gasteiger partial charge is 0.465 e. The van der Waals surface area contributed by atoms with Gasteiger partial charge in [-0.25, -0.2) is 0 Å². The normalized spacial score (nSPS) is 17.9. The van der Waals surface area contributed by atoms with Crippen molar-refractivity contribution in [3.05, 3.63) is 12.2 Å². The Morgan fingerprint density at radius 3 is 1.48 bits per heavy atom. The first kappa shape index (κ1) is 29.7. The average molecular weight is 465 g/mol. The highest BCUT2D eigenvalue weighted by Crippen LogP contribution is 2.28. The van der Waals surface area contributed by atoms with Gasteiger partial charge in [-0.3, -0.25) is 9.59 Å². The van der Waals surface area contributed by atoms with Crippen LogP contribution in [0.15, 0.2) is 12.2 Å². The van der Waals surface area contributed by atoms with Crippen LogP contribution >= 0.6 is 0 Å². The number of carbonyl (C=O) groups is 2. The third-order valence-corrected chi connectivity index (χ3v) is 6.70. The molecule has 0 saturated heterocycles. The lowest BCUT2D eigenvalue weighted by Gasteiger charge is -2.25. The maximum Gasteiger partial charge on any atom is 0.310 e. The predicted molar refractivity (Wildman–Crippen MR) is 137 cm³/mol. The van der Waals surface area contributed by atoms with Crippen molar-refractivity contribution in [1.29, 1.82) is 0 Å². The minimum absolute atomic E-state index is 0.235. The molecule has 0 spiro atoms. The number of esters is 2. The van der Waals surface area contributed by atoms with Crippen molar-refractivity contribution < 1.29 is 19.1 Å². The highest BCUT2D eigenvalue weighted by molar-refractivity contribution is 5.82. The molecule has 0 N–H and O–H groups in total.